The average molecular weight is 582 g/mol. The summed E-state index contributed by atoms with van der Waals surface area (Å²) < 4.78 is 47.4. The fourth-order valence-electron chi connectivity index (χ4n) is 5.65. The molecule has 1 aliphatic rings. The van der Waals surface area contributed by atoms with Crippen LogP contribution in [0.2, 0.25) is 0 Å². The molecule has 41 heavy (non-hydrogen) atoms. The van der Waals surface area contributed by atoms with Crippen LogP contribution >= 0.6 is 11.3 Å². The highest BCUT2D eigenvalue weighted by atomic mass is 32.1. The van der Waals surface area contributed by atoms with Gasteiger partial charge in [0, 0.05) is 49.0 Å². The van der Waals surface area contributed by atoms with E-state index in [0.29, 0.717) is 23.7 Å². The Balaban J connectivity index is 1.43. The van der Waals surface area contributed by atoms with E-state index in [2.05, 4.69) is 15.2 Å². The Morgan fingerprint density at radius 2 is 1.98 bits per heavy atom. The Hall–Kier alpha value is -3.77. The topological polar surface area (TPSA) is 73.2 Å². The zero-order valence-corrected chi connectivity index (χ0v) is 23.7. The number of imidazole rings is 1. The number of alkyl halides is 3. The monoisotopic (exact) mass is 581 g/mol. The number of nitrogens with zero attached hydrogens (tertiary/aromatic N) is 7. The van der Waals surface area contributed by atoms with Gasteiger partial charge in [-0.15, -0.1) is 21.5 Å². The van der Waals surface area contributed by atoms with Crippen LogP contribution in [0.4, 0.5) is 13.2 Å². The second-order valence-electron chi connectivity index (χ2n) is 10.8. The van der Waals surface area contributed by atoms with Crippen LogP contribution in [0.25, 0.3) is 11.2 Å². The van der Waals surface area contributed by atoms with Gasteiger partial charge in [-0.1, -0.05) is 18.6 Å². The minimum atomic E-state index is -4.64. The molecule has 214 valence electrons. The van der Waals surface area contributed by atoms with Crippen LogP contribution in [-0.4, -0.2) is 40.7 Å². The number of fused-ring (bicyclic) bond motifs is 1. The minimum Gasteiger partial charge on any atom is -0.320 e. The van der Waals surface area contributed by atoms with E-state index in [1.165, 1.54) is 28.3 Å². The number of halogens is 3. The lowest BCUT2D eigenvalue weighted by molar-refractivity contribution is -0.136. The van der Waals surface area contributed by atoms with Gasteiger partial charge >= 0.3 is 11.9 Å². The predicted molar refractivity (Wildman–Crippen MR) is 150 cm³/mol. The van der Waals surface area contributed by atoms with Crippen molar-refractivity contribution in [1.82, 2.24) is 33.6 Å². The molecule has 12 heteroatoms. The van der Waals surface area contributed by atoms with Crippen molar-refractivity contribution in [3.8, 4) is 5.69 Å². The normalized spacial score (nSPS) is 15.9. The van der Waals surface area contributed by atoms with E-state index in [-0.39, 0.29) is 17.5 Å². The highest BCUT2D eigenvalue weighted by Gasteiger charge is 2.36. The van der Waals surface area contributed by atoms with Crippen molar-refractivity contribution in [1.29, 1.82) is 0 Å². The van der Waals surface area contributed by atoms with E-state index in [1.807, 2.05) is 48.7 Å². The summed E-state index contributed by atoms with van der Waals surface area (Å²) in [5.41, 5.74) is 2.01. The molecule has 0 unspecified atom stereocenters. The van der Waals surface area contributed by atoms with Gasteiger partial charge in [0.1, 0.15) is 12.2 Å². The third-order valence-corrected chi connectivity index (χ3v) is 9.04. The molecule has 1 aliphatic carbocycles. The van der Waals surface area contributed by atoms with E-state index < -0.39 is 17.4 Å². The first-order chi connectivity index (χ1) is 19.6. The summed E-state index contributed by atoms with van der Waals surface area (Å²) in [6.07, 6.45) is 4.86. The summed E-state index contributed by atoms with van der Waals surface area (Å²) in [6.45, 7) is 2.36. The number of pyridine rings is 1. The average Bonchev–Trinajstić information content (AvgIpc) is 3.66. The first-order valence-corrected chi connectivity index (χ1v) is 14.4. The van der Waals surface area contributed by atoms with Crippen LogP contribution in [-0.2, 0) is 19.8 Å². The van der Waals surface area contributed by atoms with Gasteiger partial charge in [0.2, 0.25) is 0 Å². The number of hydrogen-bond donors (Lipinski definition) is 0. The second kappa shape index (κ2) is 10.6. The Morgan fingerprint density at radius 3 is 2.61 bits per heavy atom. The molecule has 5 aromatic rings. The second-order valence-corrected chi connectivity index (χ2v) is 11.8. The summed E-state index contributed by atoms with van der Waals surface area (Å²) in [5.74, 6) is 1.21. The fraction of sp³-hybridized carbons (Fsp3) is 0.379. The molecule has 1 saturated carbocycles. The van der Waals surface area contributed by atoms with E-state index in [4.69, 9.17) is 0 Å². The summed E-state index contributed by atoms with van der Waals surface area (Å²) in [7, 11) is 3.75. The summed E-state index contributed by atoms with van der Waals surface area (Å²) in [6, 6.07) is 8.24. The first-order valence-electron chi connectivity index (χ1n) is 13.5. The van der Waals surface area contributed by atoms with Crippen molar-refractivity contribution in [3.63, 3.8) is 0 Å². The molecule has 0 spiro atoms. The molecule has 0 amide bonds. The summed E-state index contributed by atoms with van der Waals surface area (Å²) in [4.78, 5) is 20.7. The molecule has 0 saturated heterocycles. The van der Waals surface area contributed by atoms with Crippen molar-refractivity contribution in [2.45, 2.75) is 50.9 Å². The lowest BCUT2D eigenvalue weighted by Gasteiger charge is -2.33. The van der Waals surface area contributed by atoms with Gasteiger partial charge in [-0.3, -0.25) is 18.9 Å². The van der Waals surface area contributed by atoms with Crippen molar-refractivity contribution in [2.24, 2.45) is 13.0 Å². The van der Waals surface area contributed by atoms with Gasteiger partial charge in [-0.2, -0.15) is 13.2 Å². The number of rotatable bonds is 8. The van der Waals surface area contributed by atoms with Crippen LogP contribution in [0.5, 0.6) is 0 Å². The van der Waals surface area contributed by atoms with E-state index in [0.717, 1.165) is 46.0 Å². The maximum absolute atomic E-state index is 14.4. The Kier molecular flexibility index (Phi) is 7.06. The summed E-state index contributed by atoms with van der Waals surface area (Å²) in [5, 5.41) is 8.42. The maximum Gasteiger partial charge on any atom is 0.418 e. The number of aryl methyl sites for hydroxylation is 1. The smallest absolute Gasteiger partial charge is 0.320 e. The molecular formula is C29H30F3N7OS. The van der Waals surface area contributed by atoms with Gasteiger partial charge in [0.15, 0.2) is 0 Å². The number of aromatic nitrogens is 6. The van der Waals surface area contributed by atoms with Crippen molar-refractivity contribution in [3.05, 3.63) is 98.6 Å². The molecule has 1 fully saturated rings. The minimum absolute atomic E-state index is 0.0174. The number of benzene rings is 1. The molecule has 4 heterocycles. The van der Waals surface area contributed by atoms with Crippen LogP contribution in [0.15, 0.2) is 65.6 Å². The molecule has 0 aliphatic heterocycles. The van der Waals surface area contributed by atoms with Gasteiger partial charge in [-0.05, 0) is 62.1 Å². The summed E-state index contributed by atoms with van der Waals surface area (Å²) >= 11 is 1.49. The highest BCUT2D eigenvalue weighted by molar-refractivity contribution is 7.09. The van der Waals surface area contributed by atoms with Crippen LogP contribution in [0.3, 0.4) is 0 Å². The Labute approximate surface area is 238 Å². The zero-order valence-electron chi connectivity index (χ0n) is 22.9. The molecule has 0 bridgehead atoms. The van der Waals surface area contributed by atoms with Gasteiger partial charge in [0.05, 0.1) is 22.3 Å². The molecule has 8 nitrogen and oxygen atoms in total. The molecular weight excluding hydrogens is 551 g/mol. The van der Waals surface area contributed by atoms with Crippen LogP contribution in [0, 0.1) is 5.92 Å². The lowest BCUT2D eigenvalue weighted by atomic mass is 9.72. The SMILES string of the molecule is C[C@@H](c1cc(C(F)(F)F)c2cn(-c3cccc([C@H](c4nncn4C)C4CCC4)c3)c(=O)n2c1)N(C)Cc1cncs1. The largest absolute Gasteiger partial charge is 0.418 e. The van der Waals surface area contributed by atoms with Gasteiger partial charge in [0.25, 0.3) is 0 Å². The number of thiazole rings is 1. The van der Waals surface area contributed by atoms with Crippen LogP contribution in [0.1, 0.15) is 65.5 Å². The van der Waals surface area contributed by atoms with Gasteiger partial charge in [-0.25, -0.2) is 4.79 Å². The van der Waals surface area contributed by atoms with Crippen molar-refractivity contribution < 1.29 is 13.2 Å². The third kappa shape index (κ3) is 5.10. The Bertz CT molecular complexity index is 1730. The first kappa shape index (κ1) is 27.4. The molecule has 0 radical (unpaired) electrons. The fourth-order valence-corrected chi connectivity index (χ4v) is 6.31. The van der Waals surface area contributed by atoms with Crippen LogP contribution < -0.4 is 5.69 Å². The molecule has 2 atom stereocenters. The van der Waals surface area contributed by atoms with Crippen molar-refractivity contribution in [2.75, 3.05) is 7.05 Å². The standard InChI is InChI=1S/C29H30F3N7OS/c1-18(36(2)14-23-12-33-17-41-23)21-11-24(29(30,31)32)25-15-38(28(40)39(25)13-21)22-9-5-8-20(10-22)26(19-6-4-7-19)27-35-34-16-37(27)3/h5,8-13,15-19,26H,4,6-7,14H2,1-3H3/t18-,26+/m0/s1. The lowest BCUT2D eigenvalue weighted by Crippen LogP contribution is -2.25. The Morgan fingerprint density at radius 1 is 1.17 bits per heavy atom. The van der Waals surface area contributed by atoms with E-state index in [9.17, 15) is 18.0 Å². The number of hydrogen-bond acceptors (Lipinski definition) is 6. The van der Waals surface area contributed by atoms with E-state index >= 15 is 0 Å². The zero-order chi connectivity index (χ0) is 28.9. The third-order valence-electron chi connectivity index (χ3n) is 8.28. The molecule has 0 N–H and O–H groups in total. The molecule has 6 rings (SSSR count). The molecule has 1 aromatic carbocycles. The van der Waals surface area contributed by atoms with E-state index in [1.54, 1.807) is 24.1 Å². The van der Waals surface area contributed by atoms with Gasteiger partial charge < -0.3 is 4.57 Å². The quantitative estimate of drug-likeness (QED) is 0.231. The van der Waals surface area contributed by atoms with Crippen molar-refractivity contribution >= 4 is 16.9 Å². The maximum atomic E-state index is 14.4. The predicted octanol–water partition coefficient (Wildman–Crippen LogP) is 5.82. The highest BCUT2D eigenvalue weighted by Crippen LogP contribution is 2.43. The molecule has 4 aromatic heterocycles.